The van der Waals surface area contributed by atoms with E-state index in [-0.39, 0.29) is 5.91 Å². The number of carbonyl (C=O) groups is 1. The van der Waals surface area contributed by atoms with Crippen molar-refractivity contribution in [2.24, 2.45) is 0 Å². The molecule has 0 unspecified atom stereocenters. The number of rotatable bonds is 3. The van der Waals surface area contributed by atoms with E-state index in [4.69, 9.17) is 0 Å². The maximum absolute atomic E-state index is 11.8. The van der Waals surface area contributed by atoms with Gasteiger partial charge in [-0.05, 0) is 39.2 Å². The van der Waals surface area contributed by atoms with Gasteiger partial charge in [0.1, 0.15) is 0 Å². The summed E-state index contributed by atoms with van der Waals surface area (Å²) in [4.78, 5) is 25.2. The Morgan fingerprint density at radius 1 is 1.19 bits per heavy atom. The van der Waals surface area contributed by atoms with Gasteiger partial charge in [0.2, 0.25) is 5.91 Å². The van der Waals surface area contributed by atoms with Crippen LogP contribution in [-0.2, 0) is 11.3 Å². The Morgan fingerprint density at radius 2 is 1.95 bits per heavy atom. The molecule has 2 saturated heterocycles. The lowest BCUT2D eigenvalue weighted by molar-refractivity contribution is -0.130. The van der Waals surface area contributed by atoms with Crippen LogP contribution in [0.1, 0.15) is 44.0 Å². The van der Waals surface area contributed by atoms with Crippen molar-refractivity contribution in [2.45, 2.75) is 58.2 Å². The molecule has 0 aromatic carbocycles. The Balaban J connectivity index is 1.70. The molecular formula is C16H24N4O. The highest BCUT2D eigenvalue weighted by atomic mass is 16.2. The lowest BCUT2D eigenvalue weighted by atomic mass is 10.0. The van der Waals surface area contributed by atoms with Crippen molar-refractivity contribution in [3.05, 3.63) is 23.8 Å². The van der Waals surface area contributed by atoms with Crippen molar-refractivity contribution in [1.82, 2.24) is 19.8 Å². The van der Waals surface area contributed by atoms with Gasteiger partial charge in [0.25, 0.3) is 0 Å². The molecule has 0 saturated carbocycles. The first-order valence-corrected chi connectivity index (χ1v) is 7.94. The van der Waals surface area contributed by atoms with Gasteiger partial charge in [-0.2, -0.15) is 0 Å². The summed E-state index contributed by atoms with van der Waals surface area (Å²) in [6, 6.07) is 0.878. The highest BCUT2D eigenvalue weighted by Gasteiger charge is 2.38. The second-order valence-electron chi connectivity index (χ2n) is 6.25. The first-order valence-electron chi connectivity index (χ1n) is 7.94. The molecule has 2 aliphatic rings. The van der Waals surface area contributed by atoms with E-state index in [1.54, 1.807) is 6.92 Å². The van der Waals surface area contributed by atoms with E-state index >= 15 is 0 Å². The maximum Gasteiger partial charge on any atom is 0.219 e. The van der Waals surface area contributed by atoms with Crippen LogP contribution in [0, 0.1) is 6.92 Å². The fourth-order valence-electron chi connectivity index (χ4n) is 3.78. The fourth-order valence-corrected chi connectivity index (χ4v) is 3.78. The molecule has 2 aliphatic heterocycles. The summed E-state index contributed by atoms with van der Waals surface area (Å²) in [6.07, 6.45) is 8.39. The summed E-state index contributed by atoms with van der Waals surface area (Å²) in [5, 5.41) is 0. The van der Waals surface area contributed by atoms with E-state index in [1.165, 1.54) is 12.8 Å². The van der Waals surface area contributed by atoms with Crippen LogP contribution in [0.25, 0.3) is 0 Å². The van der Waals surface area contributed by atoms with Gasteiger partial charge in [0.15, 0.2) is 0 Å². The molecule has 114 valence electrons. The van der Waals surface area contributed by atoms with Gasteiger partial charge in [0, 0.05) is 44.5 Å². The smallest absolute Gasteiger partial charge is 0.219 e. The van der Waals surface area contributed by atoms with E-state index in [9.17, 15) is 4.79 Å². The molecule has 0 spiro atoms. The molecule has 5 nitrogen and oxygen atoms in total. The third kappa shape index (κ3) is 3.07. The number of likely N-dealkylation sites (tertiary alicyclic amines) is 2. The Hall–Kier alpha value is -1.49. The predicted octanol–water partition coefficient (Wildman–Crippen LogP) is 1.76. The molecule has 1 aromatic heterocycles. The van der Waals surface area contributed by atoms with Crippen LogP contribution in [0.5, 0.6) is 0 Å². The predicted molar refractivity (Wildman–Crippen MR) is 80.6 cm³/mol. The van der Waals surface area contributed by atoms with E-state index < -0.39 is 0 Å². The number of aryl methyl sites for hydroxylation is 1. The summed E-state index contributed by atoms with van der Waals surface area (Å²) in [5.41, 5.74) is 1.98. The standard InChI is InChI=1S/C16H24N4O/c1-12-9-18-14(10-17-12)11-19-7-3-5-15(19)16-6-4-8-20(16)13(2)21/h9-10,15-16H,3-8,11H2,1-2H3/t15-,16+/m0/s1. The van der Waals surface area contributed by atoms with Gasteiger partial charge in [-0.15, -0.1) is 0 Å². The van der Waals surface area contributed by atoms with Crippen molar-refractivity contribution >= 4 is 5.91 Å². The SMILES string of the molecule is CC(=O)N1CCC[C@@H]1[C@@H]1CCCN1Cc1cnc(C)cn1. The summed E-state index contributed by atoms with van der Waals surface area (Å²) in [5.74, 6) is 0.222. The molecule has 0 aliphatic carbocycles. The molecular weight excluding hydrogens is 264 g/mol. The second-order valence-corrected chi connectivity index (χ2v) is 6.25. The van der Waals surface area contributed by atoms with Crippen molar-refractivity contribution in [1.29, 1.82) is 0 Å². The highest BCUT2D eigenvalue weighted by molar-refractivity contribution is 5.74. The highest BCUT2D eigenvalue weighted by Crippen LogP contribution is 2.30. The van der Waals surface area contributed by atoms with E-state index in [0.717, 1.165) is 43.9 Å². The largest absolute Gasteiger partial charge is 0.338 e. The molecule has 2 fully saturated rings. The van der Waals surface area contributed by atoms with Crippen LogP contribution < -0.4 is 0 Å². The van der Waals surface area contributed by atoms with Gasteiger partial charge in [-0.1, -0.05) is 0 Å². The number of nitrogens with zero attached hydrogens (tertiary/aromatic N) is 4. The molecule has 0 radical (unpaired) electrons. The van der Waals surface area contributed by atoms with Gasteiger partial charge in [-0.25, -0.2) is 0 Å². The normalized spacial score (nSPS) is 26.5. The van der Waals surface area contributed by atoms with E-state index in [0.29, 0.717) is 12.1 Å². The molecule has 5 heteroatoms. The lowest BCUT2D eigenvalue weighted by Crippen LogP contribution is -2.47. The zero-order chi connectivity index (χ0) is 14.8. The summed E-state index contributed by atoms with van der Waals surface area (Å²) >= 11 is 0. The van der Waals surface area contributed by atoms with E-state index in [2.05, 4.69) is 19.8 Å². The summed E-state index contributed by atoms with van der Waals surface area (Å²) in [7, 11) is 0. The lowest BCUT2D eigenvalue weighted by Gasteiger charge is -2.34. The number of aromatic nitrogens is 2. The maximum atomic E-state index is 11.8. The summed E-state index contributed by atoms with van der Waals surface area (Å²) in [6.45, 7) is 6.53. The topological polar surface area (TPSA) is 49.3 Å². The number of amides is 1. The van der Waals surface area contributed by atoms with Crippen LogP contribution in [0.2, 0.25) is 0 Å². The minimum atomic E-state index is 0.222. The molecule has 1 aromatic rings. The average molecular weight is 288 g/mol. The first-order chi connectivity index (χ1) is 10.1. The monoisotopic (exact) mass is 288 g/mol. The van der Waals surface area contributed by atoms with Gasteiger partial charge in [-0.3, -0.25) is 19.7 Å². The van der Waals surface area contributed by atoms with Crippen LogP contribution in [0.4, 0.5) is 0 Å². The second kappa shape index (κ2) is 6.10. The quantitative estimate of drug-likeness (QED) is 0.850. The van der Waals surface area contributed by atoms with Crippen molar-refractivity contribution < 1.29 is 4.79 Å². The first kappa shape index (κ1) is 14.4. The van der Waals surface area contributed by atoms with Crippen LogP contribution in [-0.4, -0.2) is 50.8 Å². The molecule has 0 N–H and O–H groups in total. The zero-order valence-electron chi connectivity index (χ0n) is 13.0. The van der Waals surface area contributed by atoms with Crippen LogP contribution in [0.15, 0.2) is 12.4 Å². The Kier molecular flexibility index (Phi) is 4.19. The third-order valence-corrected chi connectivity index (χ3v) is 4.76. The molecule has 3 heterocycles. The molecule has 2 atom stereocenters. The van der Waals surface area contributed by atoms with Crippen molar-refractivity contribution in [3.63, 3.8) is 0 Å². The minimum absolute atomic E-state index is 0.222. The summed E-state index contributed by atoms with van der Waals surface area (Å²) < 4.78 is 0. The number of hydrogen-bond donors (Lipinski definition) is 0. The molecule has 1 amide bonds. The molecule has 0 bridgehead atoms. The van der Waals surface area contributed by atoms with Gasteiger partial charge < -0.3 is 4.90 Å². The molecule has 3 rings (SSSR count). The van der Waals surface area contributed by atoms with E-state index in [1.807, 2.05) is 19.3 Å². The minimum Gasteiger partial charge on any atom is -0.338 e. The Labute approximate surface area is 126 Å². The Morgan fingerprint density at radius 3 is 2.67 bits per heavy atom. The van der Waals surface area contributed by atoms with Crippen LogP contribution in [0.3, 0.4) is 0 Å². The van der Waals surface area contributed by atoms with Crippen LogP contribution >= 0.6 is 0 Å². The Bertz CT molecular complexity index is 502. The van der Waals surface area contributed by atoms with Gasteiger partial charge in [0.05, 0.1) is 11.4 Å². The average Bonchev–Trinajstić information content (AvgIpc) is 3.09. The van der Waals surface area contributed by atoms with Gasteiger partial charge >= 0.3 is 0 Å². The molecule has 21 heavy (non-hydrogen) atoms. The van der Waals surface area contributed by atoms with Crippen molar-refractivity contribution in [2.75, 3.05) is 13.1 Å². The zero-order valence-corrected chi connectivity index (χ0v) is 13.0. The third-order valence-electron chi connectivity index (χ3n) is 4.76. The number of hydrogen-bond acceptors (Lipinski definition) is 4. The number of carbonyl (C=O) groups excluding carboxylic acids is 1. The fraction of sp³-hybridized carbons (Fsp3) is 0.688. The van der Waals surface area contributed by atoms with Crippen molar-refractivity contribution in [3.8, 4) is 0 Å².